The second-order valence-electron chi connectivity index (χ2n) is 13.4. The van der Waals surface area contributed by atoms with E-state index < -0.39 is 0 Å². The number of aryl methyl sites for hydroxylation is 2. The first kappa shape index (κ1) is 37.7. The van der Waals surface area contributed by atoms with E-state index in [-0.39, 0.29) is 35.6 Å². The Labute approximate surface area is 293 Å². The number of halogens is 2. The molecular formula is C41H44Cl2Zr-2. The van der Waals surface area contributed by atoms with Crippen molar-refractivity contribution in [3.63, 3.8) is 0 Å². The van der Waals surface area contributed by atoms with Crippen molar-refractivity contribution in [2.24, 2.45) is 0 Å². The quantitative estimate of drug-likeness (QED) is 0.230. The summed E-state index contributed by atoms with van der Waals surface area (Å²) in [5.74, 6) is 0. The van der Waals surface area contributed by atoms with Crippen LogP contribution in [0.1, 0.15) is 80.5 Å². The van der Waals surface area contributed by atoms with Crippen LogP contribution in [0.3, 0.4) is 0 Å². The molecule has 0 saturated heterocycles. The van der Waals surface area contributed by atoms with Crippen molar-refractivity contribution in [2.75, 3.05) is 0 Å². The minimum atomic E-state index is 0. The Bertz CT molecular complexity index is 1570. The van der Waals surface area contributed by atoms with Gasteiger partial charge in [-0.25, -0.2) is 6.07 Å². The molecule has 5 aromatic rings. The summed E-state index contributed by atoms with van der Waals surface area (Å²) in [5, 5.41) is 0. The molecule has 1 aliphatic carbocycles. The van der Waals surface area contributed by atoms with Crippen molar-refractivity contribution in [1.82, 2.24) is 0 Å². The topological polar surface area (TPSA) is 0 Å². The van der Waals surface area contributed by atoms with Gasteiger partial charge in [0.05, 0.1) is 0 Å². The Morgan fingerprint density at radius 2 is 1.27 bits per heavy atom. The fraction of sp³-hybridized carbons (Fsp3) is 0.268. The third-order valence-corrected chi connectivity index (χ3v) is 8.58. The summed E-state index contributed by atoms with van der Waals surface area (Å²) < 4.78 is 2.17. The van der Waals surface area contributed by atoms with E-state index in [0.29, 0.717) is 0 Å². The van der Waals surface area contributed by atoms with Crippen molar-refractivity contribution in [3.8, 4) is 22.3 Å². The third-order valence-electron chi connectivity index (χ3n) is 7.76. The van der Waals surface area contributed by atoms with Crippen molar-refractivity contribution >= 4 is 3.71 Å². The van der Waals surface area contributed by atoms with Crippen LogP contribution in [0.5, 0.6) is 0 Å². The van der Waals surface area contributed by atoms with E-state index in [1.165, 1.54) is 85.4 Å². The molecule has 3 heteroatoms. The average molecular weight is 699 g/mol. The van der Waals surface area contributed by atoms with Gasteiger partial charge in [-0.2, -0.15) is 46.5 Å². The molecule has 0 atom stereocenters. The molecule has 0 nitrogen and oxygen atoms in total. The zero-order valence-electron chi connectivity index (χ0n) is 27.4. The van der Waals surface area contributed by atoms with Crippen LogP contribution in [0, 0.1) is 19.9 Å². The molecule has 0 spiro atoms. The number of benzene rings is 4. The normalized spacial score (nSPS) is 11.3. The van der Waals surface area contributed by atoms with E-state index in [4.69, 9.17) is 0 Å². The Balaban J connectivity index is 0.000000251. The Hall–Kier alpha value is -2.44. The zero-order valence-corrected chi connectivity index (χ0v) is 31.3. The van der Waals surface area contributed by atoms with Gasteiger partial charge in [-0.3, -0.25) is 0 Å². The number of fused-ring (bicyclic) bond motifs is 3. The minimum absolute atomic E-state index is 0. The van der Waals surface area contributed by atoms with Gasteiger partial charge in [0.2, 0.25) is 0 Å². The van der Waals surface area contributed by atoms with Crippen LogP contribution in [0.2, 0.25) is 0 Å². The van der Waals surface area contributed by atoms with Gasteiger partial charge in [0, 0.05) is 0 Å². The number of hydrogen-bond acceptors (Lipinski definition) is 0. The first-order valence-electron chi connectivity index (χ1n) is 14.9. The predicted octanol–water partition coefficient (Wildman–Crippen LogP) is 4.73. The predicted molar refractivity (Wildman–Crippen MR) is 179 cm³/mol. The summed E-state index contributed by atoms with van der Waals surface area (Å²) in [6, 6.07) is 40.5. The summed E-state index contributed by atoms with van der Waals surface area (Å²) >= 11 is 1.46. The number of hydrogen-bond donors (Lipinski definition) is 0. The van der Waals surface area contributed by atoms with E-state index in [2.05, 4.69) is 162 Å². The fourth-order valence-electron chi connectivity index (χ4n) is 5.31. The summed E-state index contributed by atoms with van der Waals surface area (Å²) in [5.41, 5.74) is 15.4. The van der Waals surface area contributed by atoms with Crippen LogP contribution in [-0.4, -0.2) is 3.71 Å². The molecule has 0 bridgehead atoms. The van der Waals surface area contributed by atoms with E-state index in [1.54, 1.807) is 0 Å². The molecule has 0 aromatic heterocycles. The molecule has 228 valence electrons. The molecular weight excluding hydrogens is 655 g/mol. The molecule has 0 fully saturated rings. The van der Waals surface area contributed by atoms with Gasteiger partial charge in [0.25, 0.3) is 0 Å². The van der Waals surface area contributed by atoms with Crippen molar-refractivity contribution in [3.05, 3.63) is 148 Å². The van der Waals surface area contributed by atoms with Gasteiger partial charge in [0.15, 0.2) is 0 Å². The monoisotopic (exact) mass is 696 g/mol. The average Bonchev–Trinajstić information content (AvgIpc) is 3.51. The first-order valence-corrected chi connectivity index (χ1v) is 16.3. The number of rotatable bonds is 2. The third kappa shape index (κ3) is 9.78. The van der Waals surface area contributed by atoms with E-state index >= 15 is 0 Å². The van der Waals surface area contributed by atoms with Crippen LogP contribution in [-0.2, 0) is 41.5 Å². The SMILES string of the molecule is CC(C)(C)c1[c-]c2c(cc1)-c1ccc(C(C)(C)C)cc1C2.Cc1cc(-c2ccccc2)c(C)[cH-]1.[Cl-].[Cl-].[Zr+2]=[CH]c1ccccc1. The Morgan fingerprint density at radius 3 is 1.77 bits per heavy atom. The van der Waals surface area contributed by atoms with Gasteiger partial charge in [-0.15, -0.1) is 11.1 Å². The maximum atomic E-state index is 3.67. The molecule has 1 aliphatic rings. The van der Waals surface area contributed by atoms with Gasteiger partial charge in [0.1, 0.15) is 0 Å². The van der Waals surface area contributed by atoms with E-state index in [9.17, 15) is 0 Å². The molecule has 0 aliphatic heterocycles. The molecule has 0 saturated carbocycles. The first-order chi connectivity index (χ1) is 19.9. The van der Waals surface area contributed by atoms with Crippen LogP contribution in [0.25, 0.3) is 22.3 Å². The van der Waals surface area contributed by atoms with Gasteiger partial charge in [-0.05, 0) is 28.4 Å². The molecule has 0 radical (unpaired) electrons. The standard InChI is InChI=1S/C21H25.C13H13.C7H6.2ClH.Zr/c1-20(2,3)16-7-9-18-14(12-16)11-15-13-17(21(4,5)6)8-10-19(15)18;1-10-8-11(2)13(9-10)12-6-4-3-5-7-12;1-7-5-3-2-4-6-7;;;/h7-10,12H,11H2,1-6H3;3-9H,1-2H3;1-6H;2*1H;/q2*-1;;;;+2/p-2. The van der Waals surface area contributed by atoms with Crippen LogP contribution < -0.4 is 24.8 Å². The molecule has 0 unspecified atom stereocenters. The zero-order chi connectivity index (χ0) is 30.5. The maximum absolute atomic E-state index is 3.67. The summed E-state index contributed by atoms with van der Waals surface area (Å²) in [4.78, 5) is 0. The molecule has 0 amide bonds. The summed E-state index contributed by atoms with van der Waals surface area (Å²) in [6.45, 7) is 17.9. The van der Waals surface area contributed by atoms with Crippen molar-refractivity contribution < 1.29 is 49.0 Å². The molecule has 0 heterocycles. The molecule has 44 heavy (non-hydrogen) atoms. The second-order valence-corrected chi connectivity index (χ2v) is 14.1. The second kappa shape index (κ2) is 16.2. The Kier molecular flexibility index (Phi) is 13.9. The Morgan fingerprint density at radius 1 is 0.682 bits per heavy atom. The van der Waals surface area contributed by atoms with Crippen LogP contribution in [0.15, 0.2) is 103 Å². The fourth-order valence-corrected chi connectivity index (χ4v) is 5.78. The van der Waals surface area contributed by atoms with Crippen LogP contribution in [0.4, 0.5) is 0 Å². The molecule has 5 aromatic carbocycles. The molecule has 6 rings (SSSR count). The summed E-state index contributed by atoms with van der Waals surface area (Å²) in [7, 11) is 0. The van der Waals surface area contributed by atoms with Gasteiger partial charge in [-0.1, -0.05) is 115 Å². The van der Waals surface area contributed by atoms with E-state index in [0.717, 1.165) is 6.42 Å². The van der Waals surface area contributed by atoms with Crippen molar-refractivity contribution in [1.29, 1.82) is 0 Å². The van der Waals surface area contributed by atoms with Gasteiger partial charge < -0.3 is 24.8 Å². The summed E-state index contributed by atoms with van der Waals surface area (Å²) in [6.07, 6.45) is 1.03. The molecule has 0 N–H and O–H groups in total. The van der Waals surface area contributed by atoms with Crippen molar-refractivity contribution in [2.45, 2.75) is 72.6 Å². The van der Waals surface area contributed by atoms with E-state index in [1.807, 2.05) is 6.07 Å². The van der Waals surface area contributed by atoms with Gasteiger partial charge >= 0.3 is 63.8 Å². The van der Waals surface area contributed by atoms with Crippen LogP contribution >= 0.6 is 0 Å².